The largest absolute Gasteiger partial charge is 0.370 e. The maximum atomic E-state index is 5.67. The summed E-state index contributed by atoms with van der Waals surface area (Å²) in [7, 11) is 0. The second kappa shape index (κ2) is 4.14. The highest BCUT2D eigenvalue weighted by Gasteiger charge is 2.31. The van der Waals surface area contributed by atoms with Crippen LogP contribution < -0.4 is 5.73 Å². The van der Waals surface area contributed by atoms with Crippen LogP contribution in [0.5, 0.6) is 0 Å². The molecule has 0 amide bonds. The molecule has 2 N–H and O–H groups in total. The smallest absolute Gasteiger partial charge is 0.229 e. The molecule has 0 aromatic carbocycles. The summed E-state index contributed by atoms with van der Waals surface area (Å²) < 4.78 is 10.8. The van der Waals surface area contributed by atoms with E-state index in [0.29, 0.717) is 30.4 Å². The number of rotatable bonds is 5. The van der Waals surface area contributed by atoms with Gasteiger partial charge < -0.3 is 15.0 Å². The molecule has 0 bridgehead atoms. The minimum Gasteiger partial charge on any atom is -0.370 e. The second-order valence-electron chi connectivity index (χ2n) is 4.83. The molecule has 0 unspecified atom stereocenters. The summed E-state index contributed by atoms with van der Waals surface area (Å²) in [6.45, 7) is 1.24. The predicted octanol–water partition coefficient (Wildman–Crippen LogP) is 1.20. The van der Waals surface area contributed by atoms with Crippen molar-refractivity contribution in [2.75, 3.05) is 6.54 Å². The highest BCUT2D eigenvalue weighted by molar-refractivity contribution is 5.01. The average molecular weight is 223 g/mol. The Labute approximate surface area is 94.3 Å². The lowest BCUT2D eigenvalue weighted by Crippen LogP contribution is -2.35. The van der Waals surface area contributed by atoms with Gasteiger partial charge in [-0.05, 0) is 38.1 Å². The van der Waals surface area contributed by atoms with E-state index in [4.69, 9.17) is 15.0 Å². The molecule has 88 valence electrons. The van der Waals surface area contributed by atoms with E-state index in [1.54, 1.807) is 0 Å². The molecular formula is C11H17N3O2. The van der Waals surface area contributed by atoms with Gasteiger partial charge in [-0.1, -0.05) is 5.16 Å². The Balaban J connectivity index is 1.44. The number of nitrogens with two attached hydrogens (primary N) is 1. The molecule has 5 heteroatoms. The summed E-state index contributed by atoms with van der Waals surface area (Å²) in [6.07, 6.45) is 4.86. The fourth-order valence-corrected chi connectivity index (χ4v) is 2.02. The van der Waals surface area contributed by atoms with E-state index in [1.165, 1.54) is 12.8 Å². The molecule has 16 heavy (non-hydrogen) atoms. The SMILES string of the molecule is NCC1CC(OCc2noc(C3CC3)n2)C1. The van der Waals surface area contributed by atoms with Crippen molar-refractivity contribution < 1.29 is 9.26 Å². The highest BCUT2D eigenvalue weighted by Crippen LogP contribution is 2.39. The first-order valence-corrected chi connectivity index (χ1v) is 5.99. The molecule has 0 atom stereocenters. The van der Waals surface area contributed by atoms with E-state index in [2.05, 4.69) is 10.1 Å². The van der Waals surface area contributed by atoms with Crippen molar-refractivity contribution in [1.29, 1.82) is 0 Å². The van der Waals surface area contributed by atoms with Crippen LogP contribution in [-0.4, -0.2) is 22.8 Å². The van der Waals surface area contributed by atoms with Gasteiger partial charge >= 0.3 is 0 Å². The molecule has 1 aromatic rings. The van der Waals surface area contributed by atoms with Crippen LogP contribution in [0.25, 0.3) is 0 Å². The fourth-order valence-electron chi connectivity index (χ4n) is 2.02. The quantitative estimate of drug-likeness (QED) is 0.811. The van der Waals surface area contributed by atoms with E-state index < -0.39 is 0 Å². The first-order valence-electron chi connectivity index (χ1n) is 5.99. The van der Waals surface area contributed by atoms with Gasteiger partial charge in [-0.2, -0.15) is 4.98 Å². The third-order valence-corrected chi connectivity index (χ3v) is 3.38. The predicted molar refractivity (Wildman–Crippen MR) is 56.6 cm³/mol. The first-order chi connectivity index (χ1) is 7.85. The summed E-state index contributed by atoms with van der Waals surface area (Å²) in [6, 6.07) is 0. The summed E-state index contributed by atoms with van der Waals surface area (Å²) in [4.78, 5) is 4.31. The molecular weight excluding hydrogens is 206 g/mol. The third kappa shape index (κ3) is 2.10. The lowest BCUT2D eigenvalue weighted by Gasteiger charge is -2.33. The zero-order chi connectivity index (χ0) is 11.0. The second-order valence-corrected chi connectivity index (χ2v) is 4.83. The number of ether oxygens (including phenoxy) is 1. The fraction of sp³-hybridized carbons (Fsp3) is 0.818. The topological polar surface area (TPSA) is 74.2 Å². The minimum absolute atomic E-state index is 0.344. The molecule has 0 aliphatic heterocycles. The van der Waals surface area contributed by atoms with Crippen LogP contribution in [0.1, 0.15) is 43.3 Å². The summed E-state index contributed by atoms with van der Waals surface area (Å²) in [5, 5.41) is 3.91. The zero-order valence-electron chi connectivity index (χ0n) is 9.26. The van der Waals surface area contributed by atoms with Crippen molar-refractivity contribution in [3.8, 4) is 0 Å². The van der Waals surface area contributed by atoms with Crippen LogP contribution in [-0.2, 0) is 11.3 Å². The van der Waals surface area contributed by atoms with Gasteiger partial charge in [0.25, 0.3) is 0 Å². The van der Waals surface area contributed by atoms with Crippen LogP contribution in [0.4, 0.5) is 0 Å². The molecule has 5 nitrogen and oxygen atoms in total. The van der Waals surface area contributed by atoms with E-state index in [9.17, 15) is 0 Å². The average Bonchev–Trinajstić information content (AvgIpc) is 2.97. The Morgan fingerprint density at radius 2 is 2.19 bits per heavy atom. The van der Waals surface area contributed by atoms with E-state index in [-0.39, 0.29) is 0 Å². The van der Waals surface area contributed by atoms with Gasteiger partial charge in [0.2, 0.25) is 5.89 Å². The van der Waals surface area contributed by atoms with E-state index in [0.717, 1.165) is 25.3 Å². The van der Waals surface area contributed by atoms with Gasteiger partial charge in [0.05, 0.1) is 6.10 Å². The maximum Gasteiger partial charge on any atom is 0.229 e. The Bertz CT molecular complexity index is 356. The van der Waals surface area contributed by atoms with E-state index in [1.807, 2.05) is 0 Å². The van der Waals surface area contributed by atoms with Crippen molar-refractivity contribution in [2.45, 2.75) is 44.3 Å². The Morgan fingerprint density at radius 1 is 1.38 bits per heavy atom. The first kappa shape index (κ1) is 10.2. The Kier molecular flexibility index (Phi) is 2.65. The van der Waals surface area contributed by atoms with Crippen molar-refractivity contribution in [2.24, 2.45) is 11.7 Å². The molecule has 2 fully saturated rings. The summed E-state index contributed by atoms with van der Waals surface area (Å²) >= 11 is 0. The van der Waals surface area contributed by atoms with Crippen molar-refractivity contribution in [3.05, 3.63) is 11.7 Å². The van der Waals surface area contributed by atoms with Crippen LogP contribution >= 0.6 is 0 Å². The van der Waals surface area contributed by atoms with Gasteiger partial charge in [0.1, 0.15) is 6.61 Å². The molecule has 3 rings (SSSR count). The van der Waals surface area contributed by atoms with Crippen LogP contribution in [0, 0.1) is 5.92 Å². The molecule has 0 radical (unpaired) electrons. The molecule has 1 heterocycles. The normalized spacial score (nSPS) is 29.1. The van der Waals surface area contributed by atoms with Crippen LogP contribution in [0.2, 0.25) is 0 Å². The molecule has 2 saturated carbocycles. The van der Waals surface area contributed by atoms with Crippen molar-refractivity contribution >= 4 is 0 Å². The number of nitrogens with zero attached hydrogens (tertiary/aromatic N) is 2. The van der Waals surface area contributed by atoms with Crippen molar-refractivity contribution in [1.82, 2.24) is 10.1 Å². The van der Waals surface area contributed by atoms with Gasteiger partial charge in [-0.3, -0.25) is 0 Å². The molecule has 2 aliphatic rings. The van der Waals surface area contributed by atoms with E-state index >= 15 is 0 Å². The summed E-state index contributed by atoms with van der Waals surface area (Å²) in [5.74, 6) is 2.63. The third-order valence-electron chi connectivity index (χ3n) is 3.38. The number of hydrogen-bond donors (Lipinski definition) is 1. The lowest BCUT2D eigenvalue weighted by molar-refractivity contribution is -0.0405. The Hall–Kier alpha value is -0.940. The van der Waals surface area contributed by atoms with Crippen molar-refractivity contribution in [3.63, 3.8) is 0 Å². The maximum absolute atomic E-state index is 5.67. The van der Waals surface area contributed by atoms with Gasteiger partial charge in [0.15, 0.2) is 5.82 Å². The molecule has 0 saturated heterocycles. The number of hydrogen-bond acceptors (Lipinski definition) is 5. The summed E-state index contributed by atoms with van der Waals surface area (Å²) in [5.41, 5.74) is 5.55. The molecule has 0 spiro atoms. The molecule has 1 aromatic heterocycles. The number of aromatic nitrogens is 2. The van der Waals surface area contributed by atoms with Gasteiger partial charge in [0, 0.05) is 5.92 Å². The minimum atomic E-state index is 0.344. The lowest BCUT2D eigenvalue weighted by atomic mass is 9.82. The van der Waals surface area contributed by atoms with Gasteiger partial charge in [-0.15, -0.1) is 0 Å². The Morgan fingerprint density at radius 3 is 2.88 bits per heavy atom. The zero-order valence-corrected chi connectivity index (χ0v) is 9.26. The van der Waals surface area contributed by atoms with Crippen LogP contribution in [0.3, 0.4) is 0 Å². The molecule has 2 aliphatic carbocycles. The standard InChI is InChI=1S/C11H17N3O2/c12-5-7-3-9(4-7)15-6-10-13-11(16-14-10)8-1-2-8/h7-9H,1-6,12H2. The monoisotopic (exact) mass is 223 g/mol. The highest BCUT2D eigenvalue weighted by atomic mass is 16.5. The van der Waals surface area contributed by atoms with Gasteiger partial charge in [-0.25, -0.2) is 0 Å². The van der Waals surface area contributed by atoms with Crippen LogP contribution in [0.15, 0.2) is 4.52 Å².